The first-order valence-corrected chi connectivity index (χ1v) is 12.8. The first kappa shape index (κ1) is 27.5. The maximum atomic E-state index is 12.6. The molecular formula is C28H41N3O3. The van der Waals surface area contributed by atoms with Crippen LogP contribution in [0.3, 0.4) is 0 Å². The van der Waals surface area contributed by atoms with E-state index in [1.165, 1.54) is 58.3 Å². The number of hydrogen-bond acceptors (Lipinski definition) is 5. The molecule has 0 saturated heterocycles. The van der Waals surface area contributed by atoms with Crippen molar-refractivity contribution in [1.29, 1.82) is 0 Å². The van der Waals surface area contributed by atoms with Crippen LogP contribution in [0.1, 0.15) is 99.5 Å². The molecule has 0 unspecified atom stereocenters. The fourth-order valence-corrected chi connectivity index (χ4v) is 3.93. The number of hydrogen-bond donors (Lipinski definition) is 1. The number of nitrogens with zero attached hydrogens (tertiary/aromatic N) is 2. The molecule has 1 aromatic carbocycles. The Kier molecular flexibility index (Phi) is 13.6. The quantitative estimate of drug-likeness (QED) is 0.221. The van der Waals surface area contributed by atoms with Gasteiger partial charge < -0.3 is 10.2 Å². The van der Waals surface area contributed by atoms with E-state index in [4.69, 9.17) is 4.84 Å². The Morgan fingerprint density at radius 3 is 2.18 bits per heavy atom. The Bertz CT molecular complexity index is 842. The van der Waals surface area contributed by atoms with Crippen LogP contribution in [0.15, 0.2) is 48.8 Å². The van der Waals surface area contributed by atoms with Crippen LogP contribution in [0.25, 0.3) is 0 Å². The van der Waals surface area contributed by atoms with Crippen molar-refractivity contribution >= 4 is 11.9 Å². The Morgan fingerprint density at radius 1 is 0.882 bits per heavy atom. The highest BCUT2D eigenvalue weighted by atomic mass is 16.7. The molecule has 186 valence electrons. The molecular weight excluding hydrogens is 426 g/mol. The lowest BCUT2D eigenvalue weighted by molar-refractivity contribution is -0.194. The SMILES string of the molecule is CCCCCCCCCCCCNC(=O)c1cccc(CN(Cc2cccnc2)OC(C)=O)c1. The molecule has 1 aromatic heterocycles. The minimum atomic E-state index is -0.380. The van der Waals surface area contributed by atoms with E-state index in [1.807, 2.05) is 36.4 Å². The topological polar surface area (TPSA) is 71.5 Å². The molecule has 0 bridgehead atoms. The average Bonchev–Trinajstić information content (AvgIpc) is 2.83. The van der Waals surface area contributed by atoms with Gasteiger partial charge in [-0.05, 0) is 35.7 Å². The molecule has 6 nitrogen and oxygen atoms in total. The summed E-state index contributed by atoms with van der Waals surface area (Å²) in [6.45, 7) is 5.13. The molecule has 0 saturated carbocycles. The second kappa shape index (κ2) is 16.8. The molecule has 0 aliphatic carbocycles. The first-order valence-electron chi connectivity index (χ1n) is 12.8. The minimum Gasteiger partial charge on any atom is -0.368 e. The fraction of sp³-hybridized carbons (Fsp3) is 0.536. The number of carbonyl (C=O) groups is 2. The number of carbonyl (C=O) groups excluding carboxylic acids is 2. The third-order valence-electron chi connectivity index (χ3n) is 5.70. The van der Waals surface area contributed by atoms with E-state index in [0.717, 1.165) is 24.0 Å². The van der Waals surface area contributed by atoms with Crippen molar-refractivity contribution in [3.63, 3.8) is 0 Å². The summed E-state index contributed by atoms with van der Waals surface area (Å²) in [5.41, 5.74) is 2.46. The largest absolute Gasteiger partial charge is 0.368 e. The Hall–Kier alpha value is -2.73. The molecule has 0 spiro atoms. The second-order valence-corrected chi connectivity index (χ2v) is 8.88. The van der Waals surface area contributed by atoms with Crippen molar-refractivity contribution in [2.45, 2.75) is 91.1 Å². The van der Waals surface area contributed by atoms with Crippen molar-refractivity contribution in [3.05, 3.63) is 65.5 Å². The van der Waals surface area contributed by atoms with Crippen LogP contribution in [-0.4, -0.2) is 28.5 Å². The maximum absolute atomic E-state index is 12.6. The molecule has 0 atom stereocenters. The van der Waals surface area contributed by atoms with Crippen molar-refractivity contribution in [2.24, 2.45) is 0 Å². The van der Waals surface area contributed by atoms with E-state index in [9.17, 15) is 9.59 Å². The van der Waals surface area contributed by atoms with E-state index in [0.29, 0.717) is 25.2 Å². The average molecular weight is 468 g/mol. The number of aromatic nitrogens is 1. The zero-order valence-corrected chi connectivity index (χ0v) is 20.9. The van der Waals surface area contributed by atoms with E-state index in [1.54, 1.807) is 17.5 Å². The number of hydroxylamine groups is 2. The standard InChI is InChI=1S/C28H41N3O3/c1-3-4-5-6-7-8-9-10-11-12-19-30-28(33)27-17-13-15-25(20-27)22-31(34-24(2)32)23-26-16-14-18-29-21-26/h13-18,20-21H,3-12,19,22-23H2,1-2H3,(H,30,33). The molecule has 2 rings (SSSR count). The van der Waals surface area contributed by atoms with Crippen LogP contribution in [0, 0.1) is 0 Å². The lowest BCUT2D eigenvalue weighted by atomic mass is 10.1. The molecule has 2 aromatic rings. The van der Waals surface area contributed by atoms with Gasteiger partial charge in [-0.15, -0.1) is 5.06 Å². The highest BCUT2D eigenvalue weighted by Gasteiger charge is 2.13. The van der Waals surface area contributed by atoms with Gasteiger partial charge in [0.15, 0.2) is 0 Å². The van der Waals surface area contributed by atoms with Gasteiger partial charge in [-0.3, -0.25) is 14.6 Å². The van der Waals surface area contributed by atoms with Crippen LogP contribution in [0.2, 0.25) is 0 Å². The lowest BCUT2D eigenvalue weighted by Gasteiger charge is -2.20. The van der Waals surface area contributed by atoms with Crippen molar-refractivity contribution in [1.82, 2.24) is 15.4 Å². The first-order chi connectivity index (χ1) is 16.6. The summed E-state index contributed by atoms with van der Waals surface area (Å²) in [7, 11) is 0. The Morgan fingerprint density at radius 2 is 1.53 bits per heavy atom. The number of benzene rings is 1. The Balaban J connectivity index is 1.72. The molecule has 0 radical (unpaired) electrons. The normalized spacial score (nSPS) is 10.9. The highest BCUT2D eigenvalue weighted by molar-refractivity contribution is 5.94. The van der Waals surface area contributed by atoms with Crippen molar-refractivity contribution in [3.8, 4) is 0 Å². The monoisotopic (exact) mass is 467 g/mol. The fourth-order valence-electron chi connectivity index (χ4n) is 3.93. The summed E-state index contributed by atoms with van der Waals surface area (Å²) in [4.78, 5) is 33.6. The van der Waals surface area contributed by atoms with Gasteiger partial charge in [-0.25, -0.2) is 0 Å². The van der Waals surface area contributed by atoms with Crippen LogP contribution < -0.4 is 5.32 Å². The summed E-state index contributed by atoms with van der Waals surface area (Å²) >= 11 is 0. The summed E-state index contributed by atoms with van der Waals surface area (Å²) in [5.74, 6) is -0.446. The van der Waals surface area contributed by atoms with Gasteiger partial charge in [0.2, 0.25) is 0 Å². The molecule has 1 heterocycles. The van der Waals surface area contributed by atoms with Crippen molar-refractivity contribution < 1.29 is 14.4 Å². The van der Waals surface area contributed by atoms with Crippen LogP contribution in [0.5, 0.6) is 0 Å². The number of rotatable bonds is 17. The van der Waals surface area contributed by atoms with Gasteiger partial charge in [0, 0.05) is 31.4 Å². The molecule has 1 N–H and O–H groups in total. The molecule has 34 heavy (non-hydrogen) atoms. The van der Waals surface area contributed by atoms with E-state index in [2.05, 4.69) is 17.2 Å². The Labute approximate surface area is 205 Å². The summed E-state index contributed by atoms with van der Waals surface area (Å²) in [6, 6.07) is 11.2. The highest BCUT2D eigenvalue weighted by Crippen LogP contribution is 2.13. The molecule has 0 aliphatic rings. The van der Waals surface area contributed by atoms with E-state index >= 15 is 0 Å². The van der Waals surface area contributed by atoms with Crippen molar-refractivity contribution in [2.75, 3.05) is 6.54 Å². The van der Waals surface area contributed by atoms with Gasteiger partial charge >= 0.3 is 5.97 Å². The van der Waals surface area contributed by atoms with E-state index < -0.39 is 0 Å². The number of amides is 1. The zero-order valence-electron chi connectivity index (χ0n) is 20.9. The summed E-state index contributed by atoms with van der Waals surface area (Å²) < 4.78 is 0. The molecule has 1 amide bonds. The molecule has 6 heteroatoms. The third kappa shape index (κ3) is 11.9. The molecule has 0 fully saturated rings. The number of unbranched alkanes of at least 4 members (excludes halogenated alkanes) is 9. The molecule has 0 aliphatic heterocycles. The van der Waals surface area contributed by atoms with Crippen LogP contribution in [-0.2, 0) is 22.7 Å². The van der Waals surface area contributed by atoms with Gasteiger partial charge in [-0.1, -0.05) is 82.9 Å². The number of pyridine rings is 1. The second-order valence-electron chi connectivity index (χ2n) is 8.88. The van der Waals surface area contributed by atoms with E-state index in [-0.39, 0.29) is 11.9 Å². The predicted octanol–water partition coefficient (Wildman–Crippen LogP) is 6.21. The lowest BCUT2D eigenvalue weighted by Crippen LogP contribution is -2.26. The van der Waals surface area contributed by atoms with Crippen LogP contribution >= 0.6 is 0 Å². The van der Waals surface area contributed by atoms with Gasteiger partial charge in [0.25, 0.3) is 5.91 Å². The predicted molar refractivity (Wildman–Crippen MR) is 136 cm³/mol. The van der Waals surface area contributed by atoms with Gasteiger partial charge in [0.1, 0.15) is 0 Å². The smallest absolute Gasteiger partial charge is 0.322 e. The van der Waals surface area contributed by atoms with Gasteiger partial charge in [0.05, 0.1) is 13.1 Å². The summed E-state index contributed by atoms with van der Waals surface area (Å²) in [5, 5.41) is 4.61. The minimum absolute atomic E-state index is 0.0657. The van der Waals surface area contributed by atoms with Gasteiger partial charge in [-0.2, -0.15) is 0 Å². The third-order valence-corrected chi connectivity index (χ3v) is 5.70. The van der Waals surface area contributed by atoms with Crippen LogP contribution in [0.4, 0.5) is 0 Å². The number of nitrogens with one attached hydrogen (secondary N) is 1. The summed E-state index contributed by atoms with van der Waals surface area (Å²) in [6.07, 6.45) is 16.2. The maximum Gasteiger partial charge on any atom is 0.322 e. The zero-order chi connectivity index (χ0) is 24.4.